The van der Waals surface area contributed by atoms with Gasteiger partial charge in [-0.05, 0) is 80.0 Å². The van der Waals surface area contributed by atoms with Gasteiger partial charge in [0.05, 0.1) is 15.7 Å². The zero-order valence-corrected chi connectivity index (χ0v) is 20.5. The number of nitrogens with one attached hydrogen (secondary N) is 1. The molecule has 0 bridgehead atoms. The number of carbonyl (C=O) groups is 1. The normalized spacial score (nSPS) is 19.4. The Balaban J connectivity index is 1.47. The molecule has 0 unspecified atom stereocenters. The van der Waals surface area contributed by atoms with E-state index in [0.717, 1.165) is 36.9 Å². The van der Waals surface area contributed by atoms with Crippen LogP contribution in [0.25, 0.3) is 10.8 Å². The largest absolute Gasteiger partial charge is 0.312 e. The first-order valence-electron chi connectivity index (χ1n) is 11.9. The molecular weight excluding hydrogens is 428 g/mol. The van der Waals surface area contributed by atoms with Gasteiger partial charge in [-0.1, -0.05) is 54.6 Å². The summed E-state index contributed by atoms with van der Waals surface area (Å²) < 4.78 is 15.9. The summed E-state index contributed by atoms with van der Waals surface area (Å²) in [5.74, 6) is 0.428. The maximum absolute atomic E-state index is 13.0. The molecule has 0 spiro atoms. The molecule has 5 heteroatoms. The fourth-order valence-corrected chi connectivity index (χ4v) is 5.42. The minimum atomic E-state index is -1.17. The van der Waals surface area contributed by atoms with Crippen molar-refractivity contribution < 1.29 is 9.00 Å². The van der Waals surface area contributed by atoms with E-state index in [-0.39, 0.29) is 22.6 Å². The highest BCUT2D eigenvalue weighted by Crippen LogP contribution is 2.40. The number of nitrogens with zero attached hydrogens (tertiary/aromatic N) is 1. The van der Waals surface area contributed by atoms with E-state index in [2.05, 4.69) is 65.4 Å². The van der Waals surface area contributed by atoms with Crippen molar-refractivity contribution in [3.8, 4) is 0 Å². The fourth-order valence-electron chi connectivity index (χ4n) is 4.57. The molecule has 2 aliphatic rings. The summed E-state index contributed by atoms with van der Waals surface area (Å²) in [6, 6.07) is 21.5. The fraction of sp³-hybridized carbons (Fsp3) is 0.393. The molecule has 3 aromatic rings. The molecule has 4 nitrogen and oxygen atoms in total. The van der Waals surface area contributed by atoms with E-state index in [1.165, 1.54) is 21.9 Å². The van der Waals surface area contributed by atoms with E-state index in [0.29, 0.717) is 6.54 Å². The van der Waals surface area contributed by atoms with Crippen LogP contribution in [0.1, 0.15) is 62.8 Å². The Morgan fingerprint density at radius 1 is 0.970 bits per heavy atom. The summed E-state index contributed by atoms with van der Waals surface area (Å²) in [7, 11) is -1.17. The van der Waals surface area contributed by atoms with Gasteiger partial charge in [0.25, 0.3) is 0 Å². The lowest BCUT2D eigenvalue weighted by Gasteiger charge is -2.36. The van der Waals surface area contributed by atoms with Crippen LogP contribution in [0.15, 0.2) is 60.7 Å². The summed E-state index contributed by atoms with van der Waals surface area (Å²) >= 11 is 0. The van der Waals surface area contributed by atoms with E-state index < -0.39 is 11.0 Å². The second-order valence-corrected chi connectivity index (χ2v) is 12.4. The molecule has 1 heterocycles. The lowest BCUT2D eigenvalue weighted by atomic mass is 9.92. The molecule has 1 fully saturated rings. The predicted octanol–water partition coefficient (Wildman–Crippen LogP) is 5.67. The Labute approximate surface area is 199 Å². The Bertz CT molecular complexity index is 1230. The molecule has 1 aliphatic carbocycles. The van der Waals surface area contributed by atoms with Crippen molar-refractivity contribution in [2.45, 2.75) is 57.2 Å². The molecule has 1 N–H and O–H groups in total. The zero-order chi connectivity index (χ0) is 23.2. The van der Waals surface area contributed by atoms with Crippen LogP contribution in [0, 0.1) is 5.92 Å². The highest BCUT2D eigenvalue weighted by molar-refractivity contribution is 7.84. The summed E-state index contributed by atoms with van der Waals surface area (Å²) in [6.07, 6.45) is 3.59. The predicted molar refractivity (Wildman–Crippen MR) is 137 cm³/mol. The molecule has 5 rings (SSSR count). The molecule has 1 saturated carbocycles. The third kappa shape index (κ3) is 4.75. The smallest absolute Gasteiger partial charge is 0.230 e. The third-order valence-electron chi connectivity index (χ3n) is 6.62. The molecule has 0 radical (unpaired) electrons. The number of anilines is 1. The van der Waals surface area contributed by atoms with Gasteiger partial charge >= 0.3 is 0 Å². The average Bonchev–Trinajstić information content (AvgIpc) is 3.64. The Morgan fingerprint density at radius 3 is 2.39 bits per heavy atom. The van der Waals surface area contributed by atoms with Crippen molar-refractivity contribution >= 4 is 33.4 Å². The number of carbonyl (C=O) groups excluding carboxylic acids is 1. The van der Waals surface area contributed by atoms with Crippen molar-refractivity contribution in [1.29, 1.82) is 0 Å². The first-order valence-corrected chi connectivity index (χ1v) is 13.0. The van der Waals surface area contributed by atoms with Gasteiger partial charge in [-0.15, -0.1) is 0 Å². The number of hydrogen-bond donors (Lipinski definition) is 1. The first-order chi connectivity index (χ1) is 15.8. The molecule has 0 aromatic heterocycles. The van der Waals surface area contributed by atoms with Crippen molar-refractivity contribution in [2.75, 3.05) is 11.4 Å². The van der Waals surface area contributed by atoms with E-state index in [1.807, 2.05) is 25.7 Å². The standard InChI is InChI=1S/C28H32N2O2S/c1-28(2,3)33(32)29-25-14-15-30(27(31)22-11-12-22)26-13-9-20(18-24(25)26)16-19-8-10-21-6-4-5-7-23(21)17-19/h4-10,13,17-18,22,25,29H,11-12,14-16H2,1-3H3/t25-,33+/m1/s1. The van der Waals surface area contributed by atoms with E-state index in [9.17, 15) is 9.00 Å². The number of amides is 1. The van der Waals surface area contributed by atoms with Crippen LogP contribution in [0.2, 0.25) is 0 Å². The minimum Gasteiger partial charge on any atom is -0.312 e. The number of hydrogen-bond acceptors (Lipinski definition) is 2. The molecule has 3 aromatic carbocycles. The van der Waals surface area contributed by atoms with Crippen LogP contribution in [0.4, 0.5) is 5.69 Å². The van der Waals surface area contributed by atoms with Gasteiger partial charge in [-0.2, -0.15) is 0 Å². The van der Waals surface area contributed by atoms with Crippen LogP contribution < -0.4 is 9.62 Å². The summed E-state index contributed by atoms with van der Waals surface area (Å²) in [5, 5.41) is 2.49. The quantitative estimate of drug-likeness (QED) is 0.533. The highest BCUT2D eigenvalue weighted by Gasteiger charge is 2.38. The average molecular weight is 461 g/mol. The van der Waals surface area contributed by atoms with E-state index in [1.54, 1.807) is 0 Å². The molecule has 0 saturated heterocycles. The summed E-state index contributed by atoms with van der Waals surface area (Å²) in [5.41, 5.74) is 4.53. The van der Waals surface area contributed by atoms with Crippen LogP contribution in [0.3, 0.4) is 0 Å². The maximum atomic E-state index is 13.0. The Hall–Kier alpha value is -2.50. The second-order valence-electron chi connectivity index (χ2n) is 10.4. The van der Waals surface area contributed by atoms with Crippen molar-refractivity contribution in [2.24, 2.45) is 5.92 Å². The van der Waals surface area contributed by atoms with Gasteiger partial charge < -0.3 is 4.90 Å². The molecule has 2 atom stereocenters. The Kier molecular flexibility index (Phi) is 5.87. The van der Waals surface area contributed by atoms with Gasteiger partial charge in [0.2, 0.25) is 5.91 Å². The van der Waals surface area contributed by atoms with Gasteiger partial charge in [0.15, 0.2) is 0 Å². The van der Waals surface area contributed by atoms with Gasteiger partial charge in [-0.25, -0.2) is 8.93 Å². The topological polar surface area (TPSA) is 49.4 Å². The molecule has 1 amide bonds. The lowest BCUT2D eigenvalue weighted by molar-refractivity contribution is -0.119. The number of rotatable bonds is 5. The number of benzene rings is 3. The minimum absolute atomic E-state index is 0.0279. The summed E-state index contributed by atoms with van der Waals surface area (Å²) in [6.45, 7) is 6.63. The van der Waals surface area contributed by atoms with Gasteiger partial charge in [0, 0.05) is 24.2 Å². The van der Waals surface area contributed by atoms with Crippen LogP contribution in [-0.2, 0) is 22.2 Å². The van der Waals surface area contributed by atoms with Crippen molar-refractivity contribution in [3.63, 3.8) is 0 Å². The molecule has 33 heavy (non-hydrogen) atoms. The zero-order valence-electron chi connectivity index (χ0n) is 19.6. The van der Waals surface area contributed by atoms with Crippen LogP contribution >= 0.6 is 0 Å². The monoisotopic (exact) mass is 460 g/mol. The Morgan fingerprint density at radius 2 is 1.67 bits per heavy atom. The van der Waals surface area contributed by atoms with Crippen LogP contribution in [0.5, 0.6) is 0 Å². The molecule has 172 valence electrons. The summed E-state index contributed by atoms with van der Waals surface area (Å²) in [4.78, 5) is 14.9. The van der Waals surface area contributed by atoms with Crippen LogP contribution in [-0.4, -0.2) is 21.4 Å². The van der Waals surface area contributed by atoms with Gasteiger partial charge in [0.1, 0.15) is 0 Å². The second kappa shape index (κ2) is 8.69. The first kappa shape index (κ1) is 22.3. The van der Waals surface area contributed by atoms with E-state index >= 15 is 0 Å². The van der Waals surface area contributed by atoms with Gasteiger partial charge in [-0.3, -0.25) is 4.79 Å². The SMILES string of the molecule is CC(C)(C)[S@](=O)N[C@@H]1CCN(C(=O)C2CC2)c2ccc(Cc3ccc4ccccc4c3)cc21. The molecular formula is C28H32N2O2S. The van der Waals surface area contributed by atoms with E-state index in [4.69, 9.17) is 0 Å². The highest BCUT2D eigenvalue weighted by atomic mass is 32.2. The van der Waals surface area contributed by atoms with Crippen molar-refractivity contribution in [1.82, 2.24) is 4.72 Å². The maximum Gasteiger partial charge on any atom is 0.230 e. The molecule has 1 aliphatic heterocycles. The number of fused-ring (bicyclic) bond motifs is 2. The lowest BCUT2D eigenvalue weighted by Crippen LogP contribution is -2.43. The van der Waals surface area contributed by atoms with Crippen molar-refractivity contribution in [3.05, 3.63) is 77.4 Å². The third-order valence-corrected chi connectivity index (χ3v) is 8.23.